The molecule has 3 nitrogen and oxygen atoms in total. The fraction of sp³-hybridized carbons (Fsp3) is 0.667. The smallest absolute Gasteiger partial charge is 0.333 e. The zero-order chi connectivity index (χ0) is 8.97. The van der Waals surface area contributed by atoms with Gasteiger partial charge in [-0.2, -0.15) is 0 Å². The average Bonchev–Trinajstić information content (AvgIpc) is 2.17. The van der Waals surface area contributed by atoms with E-state index in [0.717, 1.165) is 24.8 Å². The lowest BCUT2D eigenvalue weighted by molar-refractivity contribution is -0.136. The molecule has 0 radical (unpaired) electrons. The van der Waals surface area contributed by atoms with Gasteiger partial charge < -0.3 is 9.84 Å². The van der Waals surface area contributed by atoms with Gasteiger partial charge in [-0.25, -0.2) is 4.79 Å². The maximum atomic E-state index is 11.0. The standard InChI is InChI=1S/C9H14O3/c1-12-9(11)8-4-2-7(6-10)3-5-8/h4,7,10H,2-3,5-6H2,1H3. The van der Waals surface area contributed by atoms with Crippen LogP contribution in [-0.2, 0) is 9.53 Å². The van der Waals surface area contributed by atoms with Crippen molar-refractivity contribution >= 4 is 5.97 Å². The second-order valence-electron chi connectivity index (χ2n) is 3.04. The maximum Gasteiger partial charge on any atom is 0.333 e. The number of rotatable bonds is 2. The predicted molar refractivity (Wildman–Crippen MR) is 44.5 cm³/mol. The summed E-state index contributed by atoms with van der Waals surface area (Å²) >= 11 is 0. The normalized spacial score (nSPS) is 23.2. The van der Waals surface area contributed by atoms with E-state index in [-0.39, 0.29) is 12.6 Å². The summed E-state index contributed by atoms with van der Waals surface area (Å²) in [5.74, 6) is 0.102. The van der Waals surface area contributed by atoms with Crippen LogP contribution in [0.5, 0.6) is 0 Å². The molecule has 12 heavy (non-hydrogen) atoms. The molecule has 0 saturated carbocycles. The SMILES string of the molecule is COC(=O)C1=CCC(CO)CC1. The highest BCUT2D eigenvalue weighted by Gasteiger charge is 2.17. The summed E-state index contributed by atoms with van der Waals surface area (Å²) in [6.45, 7) is 0.213. The zero-order valence-corrected chi connectivity index (χ0v) is 7.25. The van der Waals surface area contributed by atoms with E-state index in [1.165, 1.54) is 7.11 Å². The van der Waals surface area contributed by atoms with E-state index in [1.807, 2.05) is 6.08 Å². The fourth-order valence-electron chi connectivity index (χ4n) is 1.37. The quantitative estimate of drug-likeness (QED) is 0.626. The number of ether oxygens (including phenoxy) is 1. The van der Waals surface area contributed by atoms with Crippen LogP contribution in [0.1, 0.15) is 19.3 Å². The van der Waals surface area contributed by atoms with Crippen molar-refractivity contribution in [3.63, 3.8) is 0 Å². The monoisotopic (exact) mass is 170 g/mol. The van der Waals surface area contributed by atoms with Gasteiger partial charge in [-0.15, -0.1) is 0 Å². The van der Waals surface area contributed by atoms with Gasteiger partial charge in [0.1, 0.15) is 0 Å². The summed E-state index contributed by atoms with van der Waals surface area (Å²) in [4.78, 5) is 11.0. The van der Waals surface area contributed by atoms with Gasteiger partial charge in [-0.3, -0.25) is 0 Å². The highest BCUT2D eigenvalue weighted by atomic mass is 16.5. The van der Waals surface area contributed by atoms with Gasteiger partial charge in [0.2, 0.25) is 0 Å². The molecule has 1 aliphatic rings. The minimum atomic E-state index is -0.230. The summed E-state index contributed by atoms with van der Waals surface area (Å²) in [5, 5.41) is 8.83. The first kappa shape index (κ1) is 9.26. The van der Waals surface area contributed by atoms with Crippen LogP contribution >= 0.6 is 0 Å². The topological polar surface area (TPSA) is 46.5 Å². The highest BCUT2D eigenvalue weighted by molar-refractivity contribution is 5.88. The minimum Gasteiger partial charge on any atom is -0.466 e. The van der Waals surface area contributed by atoms with Gasteiger partial charge in [0.05, 0.1) is 7.11 Å². The van der Waals surface area contributed by atoms with Crippen LogP contribution in [0.3, 0.4) is 0 Å². The summed E-state index contributed by atoms with van der Waals surface area (Å²) < 4.78 is 4.59. The average molecular weight is 170 g/mol. The fourth-order valence-corrected chi connectivity index (χ4v) is 1.37. The molecule has 0 bridgehead atoms. The Morgan fingerprint density at radius 2 is 2.58 bits per heavy atom. The molecule has 3 heteroatoms. The van der Waals surface area contributed by atoms with Crippen molar-refractivity contribution < 1.29 is 14.6 Å². The molecular weight excluding hydrogens is 156 g/mol. The third kappa shape index (κ3) is 2.08. The van der Waals surface area contributed by atoms with E-state index in [0.29, 0.717) is 5.92 Å². The number of esters is 1. The van der Waals surface area contributed by atoms with Crippen LogP contribution in [0.15, 0.2) is 11.6 Å². The Morgan fingerprint density at radius 1 is 1.83 bits per heavy atom. The van der Waals surface area contributed by atoms with Crippen LogP contribution in [0.4, 0.5) is 0 Å². The molecule has 1 N–H and O–H groups in total. The first-order valence-electron chi connectivity index (χ1n) is 4.16. The Bertz CT molecular complexity index is 196. The van der Waals surface area contributed by atoms with Gasteiger partial charge in [-0.05, 0) is 25.2 Å². The number of methoxy groups -OCH3 is 1. The third-order valence-corrected chi connectivity index (χ3v) is 2.23. The molecule has 68 valence electrons. The molecular formula is C9H14O3. The Hall–Kier alpha value is -0.830. The number of aliphatic hydroxyl groups excluding tert-OH is 1. The molecule has 1 aliphatic carbocycles. The minimum absolute atomic E-state index is 0.213. The second-order valence-corrected chi connectivity index (χ2v) is 3.04. The van der Waals surface area contributed by atoms with Crippen molar-refractivity contribution in [3.05, 3.63) is 11.6 Å². The molecule has 0 aromatic heterocycles. The van der Waals surface area contributed by atoms with Gasteiger partial charge >= 0.3 is 5.97 Å². The second kappa shape index (κ2) is 4.26. The maximum absolute atomic E-state index is 11.0. The first-order chi connectivity index (χ1) is 5.77. The van der Waals surface area contributed by atoms with Crippen LogP contribution in [0.2, 0.25) is 0 Å². The third-order valence-electron chi connectivity index (χ3n) is 2.23. The predicted octanol–water partition coefficient (Wildman–Crippen LogP) is 0.878. The Morgan fingerprint density at radius 3 is 3.00 bits per heavy atom. The van der Waals surface area contributed by atoms with Crippen LogP contribution in [0, 0.1) is 5.92 Å². The molecule has 0 spiro atoms. The van der Waals surface area contributed by atoms with E-state index in [9.17, 15) is 4.79 Å². The van der Waals surface area contributed by atoms with Gasteiger partial charge in [0, 0.05) is 12.2 Å². The van der Waals surface area contributed by atoms with E-state index in [4.69, 9.17) is 5.11 Å². The van der Waals surface area contributed by atoms with E-state index < -0.39 is 0 Å². The van der Waals surface area contributed by atoms with Crippen LogP contribution < -0.4 is 0 Å². The first-order valence-corrected chi connectivity index (χ1v) is 4.16. The summed E-state index contributed by atoms with van der Waals surface area (Å²) in [6, 6.07) is 0. The van der Waals surface area contributed by atoms with Gasteiger partial charge in [0.25, 0.3) is 0 Å². The summed E-state index contributed by atoms with van der Waals surface area (Å²) in [7, 11) is 1.39. The van der Waals surface area contributed by atoms with Crippen molar-refractivity contribution in [3.8, 4) is 0 Å². The molecule has 0 aromatic rings. The molecule has 0 fully saturated rings. The lowest BCUT2D eigenvalue weighted by Gasteiger charge is -2.18. The van der Waals surface area contributed by atoms with Gasteiger partial charge in [0.15, 0.2) is 0 Å². The van der Waals surface area contributed by atoms with Crippen molar-refractivity contribution in [1.82, 2.24) is 0 Å². The lowest BCUT2D eigenvalue weighted by Crippen LogP contribution is -2.14. The Kier molecular flexibility index (Phi) is 3.29. The number of allylic oxidation sites excluding steroid dienone is 1. The number of hydrogen-bond acceptors (Lipinski definition) is 3. The number of aliphatic hydroxyl groups is 1. The highest BCUT2D eigenvalue weighted by Crippen LogP contribution is 2.23. The summed E-state index contributed by atoms with van der Waals surface area (Å²) in [5.41, 5.74) is 0.752. The van der Waals surface area contributed by atoms with Crippen molar-refractivity contribution in [2.24, 2.45) is 5.92 Å². The molecule has 0 aromatic carbocycles. The molecule has 0 saturated heterocycles. The van der Waals surface area contributed by atoms with Crippen molar-refractivity contribution in [1.29, 1.82) is 0 Å². The lowest BCUT2D eigenvalue weighted by atomic mass is 9.90. The zero-order valence-electron chi connectivity index (χ0n) is 7.25. The van der Waals surface area contributed by atoms with Crippen LogP contribution in [0.25, 0.3) is 0 Å². The Labute approximate surface area is 72.0 Å². The van der Waals surface area contributed by atoms with Gasteiger partial charge in [-0.1, -0.05) is 6.08 Å². The van der Waals surface area contributed by atoms with Crippen molar-refractivity contribution in [2.45, 2.75) is 19.3 Å². The Balaban J connectivity index is 2.49. The largest absolute Gasteiger partial charge is 0.466 e. The van der Waals surface area contributed by atoms with Crippen LogP contribution in [-0.4, -0.2) is 24.8 Å². The number of carbonyl (C=O) groups is 1. The molecule has 1 rings (SSSR count). The number of hydrogen-bond donors (Lipinski definition) is 1. The van der Waals surface area contributed by atoms with Crippen molar-refractivity contribution in [2.75, 3.05) is 13.7 Å². The van der Waals surface area contributed by atoms with E-state index >= 15 is 0 Å². The molecule has 0 amide bonds. The number of carbonyl (C=O) groups excluding carboxylic acids is 1. The summed E-state index contributed by atoms with van der Waals surface area (Å²) in [6.07, 6.45) is 4.28. The molecule has 0 aliphatic heterocycles. The van der Waals surface area contributed by atoms with E-state index in [2.05, 4.69) is 4.74 Å². The molecule has 0 heterocycles. The van der Waals surface area contributed by atoms with E-state index in [1.54, 1.807) is 0 Å². The molecule has 1 unspecified atom stereocenters. The molecule has 1 atom stereocenters.